The van der Waals surface area contributed by atoms with Gasteiger partial charge >= 0.3 is 0 Å². The lowest BCUT2D eigenvalue weighted by Gasteiger charge is -2.13. The van der Waals surface area contributed by atoms with E-state index in [0.29, 0.717) is 4.88 Å². The number of thiophene rings is 1. The number of likely N-dealkylation sites (N-methyl/N-ethyl adjacent to an activating group) is 1. The Bertz CT molecular complexity index is 394. The average molecular weight is 223 g/mol. The number of amides is 2. The smallest absolute Gasteiger partial charge is 0.264 e. The fourth-order valence-electron chi connectivity index (χ4n) is 0.977. The first-order chi connectivity index (χ1) is 7.15. The van der Waals surface area contributed by atoms with E-state index in [1.54, 1.807) is 17.5 Å². The Hall–Kier alpha value is -1.87. The third-order valence-electron chi connectivity index (χ3n) is 1.65. The van der Waals surface area contributed by atoms with Crippen molar-refractivity contribution in [2.75, 3.05) is 13.6 Å². The molecule has 0 aliphatic heterocycles. The molecular formula is C9H9N3O2S. The van der Waals surface area contributed by atoms with Crippen molar-refractivity contribution < 1.29 is 9.59 Å². The van der Waals surface area contributed by atoms with Crippen LogP contribution in [0.3, 0.4) is 0 Å². The number of nitrogens with zero attached hydrogens (tertiary/aromatic N) is 2. The van der Waals surface area contributed by atoms with Crippen LogP contribution in [-0.4, -0.2) is 30.3 Å². The minimum absolute atomic E-state index is 0.121. The minimum Gasteiger partial charge on any atom is -0.332 e. The molecule has 2 amide bonds. The van der Waals surface area contributed by atoms with E-state index in [1.807, 2.05) is 5.32 Å². The predicted octanol–water partition coefficient (Wildman–Crippen LogP) is 0.417. The predicted molar refractivity (Wildman–Crippen MR) is 55.0 cm³/mol. The molecule has 0 radical (unpaired) electrons. The molecule has 1 rings (SSSR count). The van der Waals surface area contributed by atoms with Crippen molar-refractivity contribution in [3.05, 3.63) is 22.4 Å². The first kappa shape index (κ1) is 11.2. The van der Waals surface area contributed by atoms with E-state index in [1.165, 1.54) is 29.5 Å². The van der Waals surface area contributed by atoms with E-state index in [2.05, 4.69) is 0 Å². The Kier molecular flexibility index (Phi) is 3.83. The highest BCUT2D eigenvalue weighted by Crippen LogP contribution is 2.10. The number of hydrogen-bond donors (Lipinski definition) is 1. The molecule has 0 aliphatic carbocycles. The molecule has 6 heteroatoms. The summed E-state index contributed by atoms with van der Waals surface area (Å²) < 4.78 is 0. The third kappa shape index (κ3) is 3.07. The summed E-state index contributed by atoms with van der Waals surface area (Å²) in [6.45, 7) is -0.121. The molecule has 0 fully saturated rings. The van der Waals surface area contributed by atoms with Crippen molar-refractivity contribution in [1.82, 2.24) is 10.2 Å². The lowest BCUT2D eigenvalue weighted by molar-refractivity contribution is -0.120. The van der Waals surface area contributed by atoms with Gasteiger partial charge in [-0.1, -0.05) is 6.07 Å². The number of carbonyl (C=O) groups excluding carboxylic acids is 2. The summed E-state index contributed by atoms with van der Waals surface area (Å²) in [5.41, 5.74) is 0. The van der Waals surface area contributed by atoms with Gasteiger partial charge in [0.2, 0.25) is 0 Å². The van der Waals surface area contributed by atoms with Crippen molar-refractivity contribution in [1.29, 1.82) is 5.26 Å². The molecule has 15 heavy (non-hydrogen) atoms. The van der Waals surface area contributed by atoms with Gasteiger partial charge < -0.3 is 4.90 Å². The summed E-state index contributed by atoms with van der Waals surface area (Å²) in [7, 11) is 1.51. The summed E-state index contributed by atoms with van der Waals surface area (Å²) in [6.07, 6.45) is 1.51. The topological polar surface area (TPSA) is 73.2 Å². The van der Waals surface area contributed by atoms with Crippen LogP contribution in [0.15, 0.2) is 17.5 Å². The summed E-state index contributed by atoms with van der Waals surface area (Å²) >= 11 is 1.31. The van der Waals surface area contributed by atoms with E-state index in [-0.39, 0.29) is 12.5 Å². The Balaban J connectivity index is 2.55. The maximum Gasteiger partial charge on any atom is 0.264 e. The molecule has 1 aromatic rings. The van der Waals surface area contributed by atoms with Gasteiger partial charge in [-0.15, -0.1) is 11.3 Å². The maximum atomic E-state index is 11.6. The van der Waals surface area contributed by atoms with E-state index < -0.39 is 5.91 Å². The van der Waals surface area contributed by atoms with Crippen LogP contribution in [0, 0.1) is 11.5 Å². The molecule has 0 bridgehead atoms. The summed E-state index contributed by atoms with van der Waals surface area (Å²) in [5.74, 6) is -0.719. The van der Waals surface area contributed by atoms with Crippen LogP contribution >= 0.6 is 11.3 Å². The Morgan fingerprint density at radius 1 is 1.67 bits per heavy atom. The molecule has 5 nitrogen and oxygen atoms in total. The van der Waals surface area contributed by atoms with Crippen molar-refractivity contribution in [3.63, 3.8) is 0 Å². The highest BCUT2D eigenvalue weighted by atomic mass is 32.1. The van der Waals surface area contributed by atoms with E-state index in [9.17, 15) is 9.59 Å². The van der Waals surface area contributed by atoms with Gasteiger partial charge in [-0.25, -0.2) is 0 Å². The van der Waals surface area contributed by atoms with Crippen molar-refractivity contribution in [3.8, 4) is 6.19 Å². The molecule has 78 valence electrons. The first-order valence-corrected chi connectivity index (χ1v) is 5.00. The monoisotopic (exact) mass is 223 g/mol. The first-order valence-electron chi connectivity index (χ1n) is 4.12. The summed E-state index contributed by atoms with van der Waals surface area (Å²) in [5, 5.41) is 11.9. The van der Waals surface area contributed by atoms with Gasteiger partial charge in [-0.2, -0.15) is 5.26 Å². The quantitative estimate of drug-likeness (QED) is 0.596. The second-order valence-corrected chi connectivity index (χ2v) is 3.75. The van der Waals surface area contributed by atoms with Crippen LogP contribution < -0.4 is 5.32 Å². The molecule has 0 aliphatic rings. The number of carbonyl (C=O) groups is 2. The van der Waals surface area contributed by atoms with Crippen LogP contribution in [-0.2, 0) is 4.79 Å². The summed E-state index contributed by atoms with van der Waals surface area (Å²) in [6, 6.07) is 3.45. The molecule has 0 aromatic carbocycles. The molecule has 1 aromatic heterocycles. The van der Waals surface area contributed by atoms with E-state index >= 15 is 0 Å². The molecule has 0 atom stereocenters. The molecule has 0 saturated heterocycles. The fourth-order valence-corrected chi connectivity index (χ4v) is 1.69. The highest BCUT2D eigenvalue weighted by molar-refractivity contribution is 7.12. The SMILES string of the molecule is CN(CC(=O)NC#N)C(=O)c1cccs1. The Morgan fingerprint density at radius 2 is 2.40 bits per heavy atom. The number of nitrogens with one attached hydrogen (secondary N) is 1. The fraction of sp³-hybridized carbons (Fsp3) is 0.222. The molecular weight excluding hydrogens is 214 g/mol. The van der Waals surface area contributed by atoms with Crippen LogP contribution in [0.4, 0.5) is 0 Å². The standard InChI is InChI=1S/C9H9N3O2S/c1-12(5-8(13)11-6-10)9(14)7-3-2-4-15-7/h2-4H,5H2,1H3,(H,11,13). The van der Waals surface area contributed by atoms with Crippen LogP contribution in [0.25, 0.3) is 0 Å². The van der Waals surface area contributed by atoms with Gasteiger partial charge in [-0.05, 0) is 11.4 Å². The Labute approximate surface area is 90.9 Å². The normalized spacial score (nSPS) is 9.07. The second-order valence-electron chi connectivity index (χ2n) is 2.80. The van der Waals surface area contributed by atoms with Gasteiger partial charge in [0.1, 0.15) is 6.54 Å². The molecule has 0 saturated carbocycles. The molecule has 1 heterocycles. The third-order valence-corrected chi connectivity index (χ3v) is 2.51. The number of rotatable bonds is 3. The largest absolute Gasteiger partial charge is 0.332 e. The highest BCUT2D eigenvalue weighted by Gasteiger charge is 2.15. The van der Waals surface area contributed by atoms with Gasteiger partial charge in [-0.3, -0.25) is 14.9 Å². The molecule has 0 spiro atoms. The van der Waals surface area contributed by atoms with Crippen molar-refractivity contribution in [2.24, 2.45) is 0 Å². The van der Waals surface area contributed by atoms with Gasteiger partial charge in [0.15, 0.2) is 6.19 Å². The lowest BCUT2D eigenvalue weighted by Crippen LogP contribution is -2.36. The van der Waals surface area contributed by atoms with Gasteiger partial charge in [0, 0.05) is 7.05 Å². The van der Waals surface area contributed by atoms with Crippen molar-refractivity contribution >= 4 is 23.2 Å². The van der Waals surface area contributed by atoms with Crippen LogP contribution in [0.1, 0.15) is 9.67 Å². The van der Waals surface area contributed by atoms with Crippen LogP contribution in [0.2, 0.25) is 0 Å². The van der Waals surface area contributed by atoms with Gasteiger partial charge in [0.25, 0.3) is 11.8 Å². The maximum absolute atomic E-state index is 11.6. The molecule has 1 N–H and O–H groups in total. The van der Waals surface area contributed by atoms with E-state index in [0.717, 1.165) is 0 Å². The van der Waals surface area contributed by atoms with E-state index in [4.69, 9.17) is 5.26 Å². The van der Waals surface area contributed by atoms with Crippen molar-refractivity contribution in [2.45, 2.75) is 0 Å². The Morgan fingerprint density at radius 3 is 2.93 bits per heavy atom. The molecule has 0 unspecified atom stereocenters. The summed E-state index contributed by atoms with van der Waals surface area (Å²) in [4.78, 5) is 24.5. The second kappa shape index (κ2) is 5.12. The lowest BCUT2D eigenvalue weighted by atomic mass is 10.4. The zero-order valence-electron chi connectivity index (χ0n) is 8.06. The average Bonchev–Trinajstić information content (AvgIpc) is 2.69. The zero-order valence-corrected chi connectivity index (χ0v) is 8.87. The van der Waals surface area contributed by atoms with Crippen LogP contribution in [0.5, 0.6) is 0 Å². The number of nitriles is 1. The van der Waals surface area contributed by atoms with Gasteiger partial charge in [0.05, 0.1) is 4.88 Å². The zero-order chi connectivity index (χ0) is 11.3. The minimum atomic E-state index is -0.495. The number of hydrogen-bond acceptors (Lipinski definition) is 4.